The number of rotatable bonds is 9. The molecule has 236 valence electrons. The number of aromatic amines is 1. The van der Waals surface area contributed by atoms with Crippen LogP contribution in [0.15, 0.2) is 54.9 Å². The van der Waals surface area contributed by atoms with E-state index in [-0.39, 0.29) is 0 Å². The van der Waals surface area contributed by atoms with E-state index in [1.807, 2.05) is 30.3 Å². The number of anilines is 1. The van der Waals surface area contributed by atoms with Gasteiger partial charge in [0.2, 0.25) is 0 Å². The number of pyridine rings is 1. The second kappa shape index (κ2) is 12.5. The molecule has 2 aliphatic heterocycles. The quantitative estimate of drug-likeness (QED) is 0.213. The van der Waals surface area contributed by atoms with Crippen molar-refractivity contribution in [3.63, 3.8) is 0 Å². The van der Waals surface area contributed by atoms with Gasteiger partial charge in [-0.1, -0.05) is 17.7 Å². The number of methoxy groups -OCH3 is 2. The molecule has 0 radical (unpaired) electrons. The maximum Gasteiger partial charge on any atom is 0.161 e. The maximum absolute atomic E-state index is 11.8. The number of piperazine rings is 1. The SMILES string of the molecule is COc1ccc(CN2CCN(C3CC4(CCN(c5ccc(C=O)c(Oc6cnc7[nH]cc(Cl)c7c6)c5)CC4)C3)CC2)cc1OC. The van der Waals surface area contributed by atoms with E-state index >= 15 is 0 Å². The zero-order chi connectivity index (χ0) is 31.0. The lowest BCUT2D eigenvalue weighted by Gasteiger charge is -2.56. The fraction of sp³-hybridized carbons (Fsp3) is 0.429. The molecule has 45 heavy (non-hydrogen) atoms. The molecule has 1 aliphatic carbocycles. The Bertz CT molecular complexity index is 1670. The number of carbonyl (C=O) groups is 1. The largest absolute Gasteiger partial charge is 0.493 e. The van der Waals surface area contributed by atoms with Gasteiger partial charge in [0, 0.05) is 75.2 Å². The van der Waals surface area contributed by atoms with Crippen LogP contribution in [0.4, 0.5) is 5.69 Å². The topological polar surface area (TPSA) is 83.2 Å². The molecule has 0 bridgehead atoms. The van der Waals surface area contributed by atoms with Crippen LogP contribution in [0, 0.1) is 5.41 Å². The van der Waals surface area contributed by atoms with Gasteiger partial charge in [-0.15, -0.1) is 0 Å². The van der Waals surface area contributed by atoms with Gasteiger partial charge < -0.3 is 24.1 Å². The van der Waals surface area contributed by atoms with Gasteiger partial charge in [0.15, 0.2) is 17.8 Å². The minimum Gasteiger partial charge on any atom is -0.493 e. The van der Waals surface area contributed by atoms with Gasteiger partial charge in [0.1, 0.15) is 17.1 Å². The first kappa shape index (κ1) is 29.9. The molecule has 4 heterocycles. The van der Waals surface area contributed by atoms with E-state index in [2.05, 4.69) is 36.8 Å². The second-order valence-corrected chi connectivity index (χ2v) is 13.1. The monoisotopic (exact) mass is 629 g/mol. The number of carbonyl (C=O) groups excluding carboxylic acids is 1. The Hall–Kier alpha value is -3.79. The molecule has 3 fully saturated rings. The molecule has 1 saturated carbocycles. The predicted octanol–water partition coefficient (Wildman–Crippen LogP) is 6.41. The number of aromatic nitrogens is 2. The summed E-state index contributed by atoms with van der Waals surface area (Å²) in [6.45, 7) is 7.41. The van der Waals surface area contributed by atoms with Crippen molar-refractivity contribution in [3.05, 3.63) is 71.0 Å². The summed E-state index contributed by atoms with van der Waals surface area (Å²) in [5, 5.41) is 1.37. The van der Waals surface area contributed by atoms with E-state index in [1.165, 1.54) is 31.2 Å². The fourth-order valence-electron chi connectivity index (χ4n) is 7.41. The lowest BCUT2D eigenvalue weighted by molar-refractivity contribution is -0.0355. The van der Waals surface area contributed by atoms with Crippen LogP contribution in [0.2, 0.25) is 5.02 Å². The number of ether oxygens (including phenoxy) is 3. The van der Waals surface area contributed by atoms with Crippen LogP contribution in [0.5, 0.6) is 23.0 Å². The van der Waals surface area contributed by atoms with Gasteiger partial charge in [0.05, 0.1) is 31.0 Å². The van der Waals surface area contributed by atoms with Crippen molar-refractivity contribution in [3.8, 4) is 23.0 Å². The van der Waals surface area contributed by atoms with E-state index in [1.54, 1.807) is 26.6 Å². The minimum atomic E-state index is 0.455. The summed E-state index contributed by atoms with van der Waals surface area (Å²) in [6.07, 6.45) is 9.17. The summed E-state index contributed by atoms with van der Waals surface area (Å²) in [4.78, 5) is 26.9. The van der Waals surface area contributed by atoms with Gasteiger partial charge >= 0.3 is 0 Å². The number of aldehydes is 1. The predicted molar refractivity (Wildman–Crippen MR) is 176 cm³/mol. The lowest BCUT2D eigenvalue weighted by Crippen LogP contribution is -2.59. The molecule has 0 atom stereocenters. The number of H-pyrrole nitrogens is 1. The van der Waals surface area contributed by atoms with Gasteiger partial charge in [0.25, 0.3) is 0 Å². The number of benzene rings is 2. The number of piperidine rings is 1. The molecule has 2 saturated heterocycles. The Kier molecular flexibility index (Phi) is 8.33. The van der Waals surface area contributed by atoms with Crippen molar-refractivity contribution in [2.75, 3.05) is 58.4 Å². The van der Waals surface area contributed by atoms with Crippen molar-refractivity contribution < 1.29 is 19.0 Å². The number of halogens is 1. The van der Waals surface area contributed by atoms with Crippen LogP contribution in [-0.4, -0.2) is 85.6 Å². The van der Waals surface area contributed by atoms with Crippen molar-refractivity contribution in [2.24, 2.45) is 5.41 Å². The molecule has 3 aliphatic rings. The van der Waals surface area contributed by atoms with Crippen molar-refractivity contribution in [1.29, 1.82) is 0 Å². The van der Waals surface area contributed by atoms with Gasteiger partial charge in [-0.05, 0) is 67.0 Å². The number of hydrogen-bond acceptors (Lipinski definition) is 8. The van der Waals surface area contributed by atoms with Crippen molar-refractivity contribution in [2.45, 2.75) is 38.3 Å². The average Bonchev–Trinajstić information content (AvgIpc) is 3.43. The van der Waals surface area contributed by atoms with Crippen LogP contribution in [0.1, 0.15) is 41.6 Å². The zero-order valence-corrected chi connectivity index (χ0v) is 26.7. The summed E-state index contributed by atoms with van der Waals surface area (Å²) in [5.41, 5.74) is 4.01. The molecule has 9 nitrogen and oxygen atoms in total. The maximum atomic E-state index is 11.8. The first-order valence-corrected chi connectivity index (χ1v) is 16.2. The van der Waals surface area contributed by atoms with Crippen LogP contribution >= 0.6 is 11.6 Å². The molecule has 0 unspecified atom stereocenters. The molecule has 0 amide bonds. The summed E-state index contributed by atoms with van der Waals surface area (Å²) >= 11 is 6.27. The van der Waals surface area contributed by atoms with Crippen LogP contribution in [0.25, 0.3) is 11.0 Å². The van der Waals surface area contributed by atoms with E-state index < -0.39 is 0 Å². The zero-order valence-electron chi connectivity index (χ0n) is 25.9. The number of fused-ring (bicyclic) bond motifs is 1. The molecular formula is C35H40ClN5O4. The average molecular weight is 630 g/mol. The van der Waals surface area contributed by atoms with Gasteiger partial charge in [-0.3, -0.25) is 14.6 Å². The van der Waals surface area contributed by atoms with Crippen LogP contribution in [0.3, 0.4) is 0 Å². The normalized spacial score (nSPS) is 19.0. The first-order valence-electron chi connectivity index (χ1n) is 15.8. The second-order valence-electron chi connectivity index (χ2n) is 12.7. The third kappa shape index (κ3) is 6.09. The smallest absolute Gasteiger partial charge is 0.161 e. The molecule has 4 aromatic rings. The molecule has 2 aromatic carbocycles. The van der Waals surface area contributed by atoms with E-state index in [9.17, 15) is 4.79 Å². The molecule has 1 N–H and O–H groups in total. The Morgan fingerprint density at radius 1 is 0.956 bits per heavy atom. The molecule has 2 aromatic heterocycles. The number of hydrogen-bond donors (Lipinski definition) is 1. The lowest BCUT2D eigenvalue weighted by atomic mass is 9.60. The summed E-state index contributed by atoms with van der Waals surface area (Å²) in [5.74, 6) is 2.64. The third-order valence-electron chi connectivity index (χ3n) is 10.1. The fourth-order valence-corrected chi connectivity index (χ4v) is 7.61. The van der Waals surface area contributed by atoms with E-state index in [4.69, 9.17) is 25.8 Å². The van der Waals surface area contributed by atoms with E-state index in [0.717, 1.165) is 74.7 Å². The Balaban J connectivity index is 0.910. The highest BCUT2D eigenvalue weighted by Crippen LogP contribution is 2.51. The Labute approximate surface area is 269 Å². The number of nitrogens with one attached hydrogen (secondary N) is 1. The van der Waals surface area contributed by atoms with Crippen molar-refractivity contribution in [1.82, 2.24) is 19.8 Å². The highest BCUT2D eigenvalue weighted by atomic mass is 35.5. The summed E-state index contributed by atoms with van der Waals surface area (Å²) in [6, 6.07) is 14.6. The molecular weight excluding hydrogens is 590 g/mol. The molecule has 1 spiro atoms. The summed E-state index contributed by atoms with van der Waals surface area (Å²) in [7, 11) is 3.36. The third-order valence-corrected chi connectivity index (χ3v) is 10.4. The molecule has 10 heteroatoms. The summed E-state index contributed by atoms with van der Waals surface area (Å²) < 4.78 is 17.0. The Morgan fingerprint density at radius 2 is 1.73 bits per heavy atom. The van der Waals surface area contributed by atoms with Gasteiger partial charge in [-0.25, -0.2) is 4.98 Å². The van der Waals surface area contributed by atoms with E-state index in [0.29, 0.717) is 39.2 Å². The molecule has 7 rings (SSSR count). The van der Waals surface area contributed by atoms with Crippen LogP contribution < -0.4 is 19.1 Å². The number of nitrogens with zero attached hydrogens (tertiary/aromatic N) is 4. The minimum absolute atomic E-state index is 0.455. The highest BCUT2D eigenvalue weighted by Gasteiger charge is 2.48. The Morgan fingerprint density at radius 3 is 2.47 bits per heavy atom. The van der Waals surface area contributed by atoms with Crippen molar-refractivity contribution >= 4 is 34.6 Å². The standard InChI is InChI=1S/C35H40ClN5O4/c1-43-31-6-3-24(15-33(31)44-2)22-39-11-13-41(14-12-39)27-18-35(19-27)7-9-40(10-8-35)26-5-4-25(23-42)32(16-26)45-28-17-29-30(36)21-38-34(29)37-20-28/h3-6,15-17,20-21,23,27H,7-14,18-19,22H2,1-2H3,(H,37,38). The first-order chi connectivity index (χ1) is 22.0. The van der Waals surface area contributed by atoms with Gasteiger partial charge in [-0.2, -0.15) is 0 Å². The van der Waals surface area contributed by atoms with Crippen LogP contribution in [-0.2, 0) is 6.54 Å². The highest BCUT2D eigenvalue weighted by molar-refractivity contribution is 6.35.